The Morgan fingerprint density at radius 3 is 2.56 bits per heavy atom. The molecule has 0 spiro atoms. The molecule has 4 nitrogen and oxygen atoms in total. The van der Waals surface area contributed by atoms with Gasteiger partial charge in [0.15, 0.2) is 0 Å². The third-order valence-corrected chi connectivity index (χ3v) is 4.06. The maximum atomic E-state index is 10.8. The number of rotatable bonds is 5. The van der Waals surface area contributed by atoms with Crippen LogP contribution in [0.15, 0.2) is 0 Å². The highest BCUT2D eigenvalue weighted by Gasteiger charge is 2.41. The molecule has 0 unspecified atom stereocenters. The summed E-state index contributed by atoms with van der Waals surface area (Å²) < 4.78 is 0. The van der Waals surface area contributed by atoms with E-state index in [-0.39, 0.29) is 12.0 Å². The first kappa shape index (κ1) is 11.9. The van der Waals surface area contributed by atoms with Crippen molar-refractivity contribution >= 4 is 5.97 Å². The van der Waals surface area contributed by atoms with E-state index in [0.717, 1.165) is 19.0 Å². The first-order valence-corrected chi connectivity index (χ1v) is 6.31. The zero-order chi connectivity index (χ0) is 11.6. The highest BCUT2D eigenvalue weighted by atomic mass is 16.4. The van der Waals surface area contributed by atoms with Gasteiger partial charge in [0.2, 0.25) is 0 Å². The van der Waals surface area contributed by atoms with Crippen LogP contribution in [0, 0.1) is 5.92 Å². The maximum Gasteiger partial charge on any atom is 0.305 e. The van der Waals surface area contributed by atoms with Crippen LogP contribution in [0.4, 0.5) is 0 Å². The molecule has 1 saturated heterocycles. The second-order valence-corrected chi connectivity index (χ2v) is 5.43. The minimum absolute atomic E-state index is 0.187. The Bertz CT molecular complexity index is 258. The summed E-state index contributed by atoms with van der Waals surface area (Å²) in [5.74, 6) is 0.0406. The summed E-state index contributed by atoms with van der Waals surface area (Å²) in [6.07, 6.45) is 5.49. The lowest BCUT2D eigenvalue weighted by molar-refractivity contribution is -0.139. The molecular weight excluding hydrogens is 204 g/mol. The smallest absolute Gasteiger partial charge is 0.305 e. The molecular formula is C12H22N2O2. The molecule has 0 bridgehead atoms. The van der Waals surface area contributed by atoms with Gasteiger partial charge in [-0.2, -0.15) is 0 Å². The van der Waals surface area contributed by atoms with Crippen LogP contribution >= 0.6 is 0 Å². The predicted octanol–water partition coefficient (Wildman–Crippen LogP) is 0.971. The Morgan fingerprint density at radius 2 is 2.12 bits per heavy atom. The second-order valence-electron chi connectivity index (χ2n) is 5.43. The van der Waals surface area contributed by atoms with E-state index in [1.165, 1.54) is 25.7 Å². The molecule has 0 aromatic carbocycles. The molecule has 2 rings (SSSR count). The van der Waals surface area contributed by atoms with E-state index in [4.69, 9.17) is 5.11 Å². The molecule has 2 aliphatic rings. The molecule has 0 aromatic rings. The van der Waals surface area contributed by atoms with Crippen molar-refractivity contribution in [1.82, 2.24) is 10.6 Å². The van der Waals surface area contributed by atoms with Gasteiger partial charge in [0.25, 0.3) is 0 Å². The van der Waals surface area contributed by atoms with Crippen LogP contribution in [-0.2, 0) is 4.79 Å². The summed E-state index contributed by atoms with van der Waals surface area (Å²) in [7, 11) is 0. The lowest BCUT2D eigenvalue weighted by Gasteiger charge is -2.45. The molecule has 0 amide bonds. The molecule has 92 valence electrons. The number of hydrogen-bond acceptors (Lipinski definition) is 3. The van der Waals surface area contributed by atoms with Gasteiger partial charge in [0.1, 0.15) is 0 Å². The Hall–Kier alpha value is -0.610. The SMILES string of the molecule is C[C@@H](NC1(CC(=O)O)CNC1)C1CCCC1. The van der Waals surface area contributed by atoms with Crippen molar-refractivity contribution in [3.63, 3.8) is 0 Å². The fourth-order valence-electron chi connectivity index (χ4n) is 3.05. The minimum atomic E-state index is -0.701. The monoisotopic (exact) mass is 226 g/mol. The second kappa shape index (κ2) is 4.72. The van der Waals surface area contributed by atoms with E-state index in [9.17, 15) is 4.79 Å². The van der Waals surface area contributed by atoms with E-state index in [2.05, 4.69) is 17.6 Å². The van der Waals surface area contributed by atoms with Gasteiger partial charge < -0.3 is 15.7 Å². The van der Waals surface area contributed by atoms with Crippen LogP contribution in [0.5, 0.6) is 0 Å². The number of carboxylic acids is 1. The van der Waals surface area contributed by atoms with E-state index in [1.54, 1.807) is 0 Å². The average molecular weight is 226 g/mol. The van der Waals surface area contributed by atoms with Crippen molar-refractivity contribution in [2.45, 2.75) is 50.6 Å². The zero-order valence-corrected chi connectivity index (χ0v) is 9.96. The lowest BCUT2D eigenvalue weighted by atomic mass is 9.85. The van der Waals surface area contributed by atoms with Crippen molar-refractivity contribution < 1.29 is 9.90 Å². The van der Waals surface area contributed by atoms with Crippen molar-refractivity contribution in [1.29, 1.82) is 0 Å². The Morgan fingerprint density at radius 1 is 1.50 bits per heavy atom. The van der Waals surface area contributed by atoms with Gasteiger partial charge in [-0.15, -0.1) is 0 Å². The molecule has 1 saturated carbocycles. The summed E-state index contributed by atoms with van der Waals surface area (Å²) in [6, 6.07) is 0.448. The summed E-state index contributed by atoms with van der Waals surface area (Å²) >= 11 is 0. The topological polar surface area (TPSA) is 61.4 Å². The van der Waals surface area contributed by atoms with E-state index in [0.29, 0.717) is 6.04 Å². The van der Waals surface area contributed by atoms with Crippen molar-refractivity contribution in [2.24, 2.45) is 5.92 Å². The lowest BCUT2D eigenvalue weighted by Crippen LogP contribution is -2.70. The van der Waals surface area contributed by atoms with E-state index in [1.807, 2.05) is 0 Å². The molecule has 3 N–H and O–H groups in total. The standard InChI is InChI=1S/C12H22N2O2/c1-9(10-4-2-3-5-10)14-12(6-11(15)16)7-13-8-12/h9-10,13-14H,2-8H2,1H3,(H,15,16)/t9-/m1/s1. The summed E-state index contributed by atoms with van der Waals surface area (Å²) in [6.45, 7) is 3.78. The number of hydrogen-bond donors (Lipinski definition) is 3. The van der Waals surface area contributed by atoms with Crippen molar-refractivity contribution in [2.75, 3.05) is 13.1 Å². The van der Waals surface area contributed by atoms with Gasteiger partial charge in [0, 0.05) is 19.1 Å². The van der Waals surface area contributed by atoms with Crippen LogP contribution in [0.3, 0.4) is 0 Å². The normalized spacial score (nSPS) is 26.3. The fourth-order valence-corrected chi connectivity index (χ4v) is 3.05. The number of carbonyl (C=O) groups is 1. The Balaban J connectivity index is 1.87. The zero-order valence-electron chi connectivity index (χ0n) is 9.96. The summed E-state index contributed by atoms with van der Waals surface area (Å²) in [5, 5.41) is 15.7. The van der Waals surface area contributed by atoms with Crippen LogP contribution in [0.25, 0.3) is 0 Å². The molecule has 16 heavy (non-hydrogen) atoms. The molecule has 4 heteroatoms. The molecule has 1 atom stereocenters. The summed E-state index contributed by atoms with van der Waals surface area (Å²) in [5.41, 5.74) is -0.187. The molecule has 1 aliphatic carbocycles. The largest absolute Gasteiger partial charge is 0.481 e. The molecule has 0 aromatic heterocycles. The van der Waals surface area contributed by atoms with Crippen molar-refractivity contribution in [3.8, 4) is 0 Å². The quantitative estimate of drug-likeness (QED) is 0.654. The van der Waals surface area contributed by atoms with Gasteiger partial charge in [-0.3, -0.25) is 4.79 Å². The van der Waals surface area contributed by atoms with Gasteiger partial charge in [-0.25, -0.2) is 0 Å². The minimum Gasteiger partial charge on any atom is -0.481 e. The Labute approximate surface area is 96.8 Å². The molecule has 1 heterocycles. The summed E-state index contributed by atoms with van der Waals surface area (Å²) in [4.78, 5) is 10.8. The maximum absolute atomic E-state index is 10.8. The van der Waals surface area contributed by atoms with Crippen LogP contribution in [0.2, 0.25) is 0 Å². The number of aliphatic carboxylic acids is 1. The highest BCUT2D eigenvalue weighted by Crippen LogP contribution is 2.29. The molecule has 1 aliphatic heterocycles. The highest BCUT2D eigenvalue weighted by molar-refractivity contribution is 5.68. The third kappa shape index (κ3) is 2.55. The van der Waals surface area contributed by atoms with E-state index < -0.39 is 5.97 Å². The Kier molecular flexibility index (Phi) is 3.50. The van der Waals surface area contributed by atoms with Gasteiger partial charge >= 0.3 is 5.97 Å². The van der Waals surface area contributed by atoms with Gasteiger partial charge in [-0.1, -0.05) is 12.8 Å². The third-order valence-electron chi connectivity index (χ3n) is 4.06. The molecule has 0 radical (unpaired) electrons. The first-order chi connectivity index (χ1) is 7.61. The van der Waals surface area contributed by atoms with Crippen LogP contribution < -0.4 is 10.6 Å². The van der Waals surface area contributed by atoms with E-state index >= 15 is 0 Å². The molecule has 2 fully saturated rings. The van der Waals surface area contributed by atoms with Crippen LogP contribution in [0.1, 0.15) is 39.0 Å². The predicted molar refractivity (Wildman–Crippen MR) is 62.4 cm³/mol. The first-order valence-electron chi connectivity index (χ1n) is 6.31. The van der Waals surface area contributed by atoms with Gasteiger partial charge in [-0.05, 0) is 25.7 Å². The number of carboxylic acid groups (broad SMARTS) is 1. The number of nitrogens with one attached hydrogen (secondary N) is 2. The fraction of sp³-hybridized carbons (Fsp3) is 0.917. The van der Waals surface area contributed by atoms with Gasteiger partial charge in [0.05, 0.1) is 12.0 Å². The van der Waals surface area contributed by atoms with Crippen LogP contribution in [-0.4, -0.2) is 35.7 Å². The van der Waals surface area contributed by atoms with Crippen molar-refractivity contribution in [3.05, 3.63) is 0 Å². The average Bonchev–Trinajstić information content (AvgIpc) is 2.66.